The Morgan fingerprint density at radius 1 is 1.23 bits per heavy atom. The van der Waals surface area contributed by atoms with Gasteiger partial charge < -0.3 is 28.4 Å². The number of aromatic amines is 1. The van der Waals surface area contributed by atoms with Crippen molar-refractivity contribution in [3.63, 3.8) is 0 Å². The fraction of sp³-hybridized carbons (Fsp3) is 0.643. The first kappa shape index (κ1) is 34.6. The van der Waals surface area contributed by atoms with Crippen molar-refractivity contribution < 1.29 is 33.2 Å². The molecule has 2 aromatic heterocycles. The molecule has 238 valence electrons. The Bertz CT molecular complexity index is 1380. The molecule has 0 radical (unpaired) electrons. The van der Waals surface area contributed by atoms with Crippen LogP contribution in [0.2, 0.25) is 0 Å². The minimum atomic E-state index is -1.74. The first-order valence-corrected chi connectivity index (χ1v) is 15.2. The molecule has 3 rings (SSSR count). The number of rotatable bonds is 12. The molecule has 15 heteroatoms. The summed E-state index contributed by atoms with van der Waals surface area (Å²) < 4.78 is 34.2. The van der Waals surface area contributed by atoms with Crippen LogP contribution in [0.25, 0.3) is 11.3 Å². The minimum Gasteiger partial charge on any atom is -0.443 e. The van der Waals surface area contributed by atoms with Crippen molar-refractivity contribution in [3.8, 4) is 17.3 Å². The van der Waals surface area contributed by atoms with Gasteiger partial charge >= 0.3 is 11.8 Å². The number of ether oxygens (including phenoxy) is 3. The number of nitrogens with one attached hydrogen (secondary N) is 1. The number of hydrogen-bond acceptors (Lipinski definition) is 11. The molecule has 2 aromatic rings. The molecular formula is C28H42N5O9P. The van der Waals surface area contributed by atoms with Gasteiger partial charge in [-0.25, -0.2) is 14.3 Å². The molecule has 1 aliphatic heterocycles. The number of hydrogen-bond donors (Lipinski definition) is 2. The topological polar surface area (TPSA) is 170 Å². The van der Waals surface area contributed by atoms with E-state index >= 15 is 0 Å². The van der Waals surface area contributed by atoms with Crippen LogP contribution in [0.1, 0.15) is 61.1 Å². The summed E-state index contributed by atoms with van der Waals surface area (Å²) in [6.45, 7) is 12.8. The second kappa shape index (κ2) is 14.7. The number of carbonyl (C=O) groups excluding carboxylic acids is 1. The molecule has 2 N–H and O–H groups in total. The molecular weight excluding hydrogens is 581 g/mol. The number of nitriles is 1. The van der Waals surface area contributed by atoms with Gasteiger partial charge in [-0.15, -0.1) is 0 Å². The van der Waals surface area contributed by atoms with Gasteiger partial charge in [-0.1, -0.05) is 0 Å². The van der Waals surface area contributed by atoms with E-state index in [0.29, 0.717) is 0 Å². The summed E-state index contributed by atoms with van der Waals surface area (Å²) in [7, 11) is -0.319. The summed E-state index contributed by atoms with van der Waals surface area (Å²) in [6, 6.07) is 5.22. The van der Waals surface area contributed by atoms with Crippen LogP contribution in [0.5, 0.6) is 0 Å². The predicted molar refractivity (Wildman–Crippen MR) is 158 cm³/mol. The Labute approximate surface area is 252 Å². The Balaban J connectivity index is 2.02. The highest BCUT2D eigenvalue weighted by atomic mass is 31.2. The summed E-state index contributed by atoms with van der Waals surface area (Å²) in [5, 5.41) is 19.3. The van der Waals surface area contributed by atoms with Gasteiger partial charge in [0.2, 0.25) is 0 Å². The molecule has 5 atom stereocenters. The highest BCUT2D eigenvalue weighted by Gasteiger charge is 2.49. The van der Waals surface area contributed by atoms with Crippen molar-refractivity contribution in [2.24, 2.45) is 0 Å². The van der Waals surface area contributed by atoms with Gasteiger partial charge in [-0.05, 0) is 60.6 Å². The van der Waals surface area contributed by atoms with Crippen molar-refractivity contribution in [2.75, 3.05) is 20.3 Å². The van der Waals surface area contributed by atoms with Gasteiger partial charge in [0.25, 0.3) is 14.1 Å². The Morgan fingerprint density at radius 3 is 2.47 bits per heavy atom. The maximum atomic E-state index is 13.1. The third-order valence-corrected chi connectivity index (χ3v) is 8.60. The van der Waals surface area contributed by atoms with Crippen LogP contribution in [0.15, 0.2) is 34.1 Å². The Hall–Kier alpha value is -2.89. The van der Waals surface area contributed by atoms with Crippen LogP contribution in [0.3, 0.4) is 0 Å². The third kappa shape index (κ3) is 8.19. The number of aromatic nitrogens is 3. The number of nitrogens with zero attached hydrogens (tertiary/aromatic N) is 4. The quantitative estimate of drug-likeness (QED) is 0.263. The lowest BCUT2D eigenvalue weighted by Crippen LogP contribution is -2.42. The van der Waals surface area contributed by atoms with Crippen LogP contribution < -0.4 is 11.2 Å². The predicted octanol–water partition coefficient (Wildman–Crippen LogP) is 3.35. The largest absolute Gasteiger partial charge is 0.443 e. The standard InChI is InChI=1S/C28H42N5O9P/c1-17(2)33(18(3)4)43(39-14-10-12-29)42-22-21(16-34)40-25(23(22)38-8)32-15-19(24(35)30-26(32)36)20-11-9-13-31(20)27(37)41-28(5,6)7/h9,11,13,15,17-18,21-23,25,34H,10,14,16H2,1-8H3,(H,30,35,36)/t21-,22-,23-,25-,43?/m1/s1. The van der Waals surface area contributed by atoms with E-state index in [1.807, 2.05) is 32.4 Å². The molecule has 1 saturated heterocycles. The fourth-order valence-corrected chi connectivity index (χ4v) is 6.55. The van der Waals surface area contributed by atoms with E-state index in [9.17, 15) is 19.5 Å². The van der Waals surface area contributed by atoms with Crippen LogP contribution in [0.4, 0.5) is 4.79 Å². The normalized spacial score (nSPS) is 21.5. The lowest BCUT2D eigenvalue weighted by atomic mass is 10.1. The van der Waals surface area contributed by atoms with E-state index < -0.39 is 62.6 Å². The average Bonchev–Trinajstić information content (AvgIpc) is 3.52. The number of methoxy groups -OCH3 is 1. The SMILES string of the molecule is CO[C@@H]1[C@H](OP(OCCC#N)N(C(C)C)C(C)C)[C@@H](CO)O[C@H]1n1cc(-c2cccn2C(=O)OC(C)(C)C)c(=O)[nH]c1=O. The smallest absolute Gasteiger partial charge is 0.418 e. The van der Waals surface area contributed by atoms with Crippen LogP contribution in [-0.2, 0) is 23.3 Å². The summed E-state index contributed by atoms with van der Waals surface area (Å²) in [5.41, 5.74) is -2.08. The Morgan fingerprint density at radius 2 is 1.91 bits per heavy atom. The van der Waals surface area contributed by atoms with Gasteiger partial charge in [0.15, 0.2) is 6.23 Å². The Kier molecular flexibility index (Phi) is 11.8. The molecule has 1 unspecified atom stereocenters. The molecule has 0 aromatic carbocycles. The van der Waals surface area contributed by atoms with Crippen molar-refractivity contribution in [2.45, 2.75) is 97.1 Å². The van der Waals surface area contributed by atoms with Gasteiger partial charge in [0, 0.05) is 31.6 Å². The van der Waals surface area contributed by atoms with Crippen molar-refractivity contribution in [3.05, 3.63) is 45.4 Å². The van der Waals surface area contributed by atoms with E-state index in [1.54, 1.807) is 32.9 Å². The third-order valence-electron chi connectivity index (χ3n) is 6.47. The first-order valence-electron chi connectivity index (χ1n) is 14.0. The van der Waals surface area contributed by atoms with Gasteiger partial charge in [-0.2, -0.15) is 5.26 Å². The van der Waals surface area contributed by atoms with Crippen LogP contribution in [-0.4, -0.2) is 86.3 Å². The van der Waals surface area contributed by atoms with Gasteiger partial charge in [-0.3, -0.25) is 18.9 Å². The number of carbonyl (C=O) groups is 1. The lowest BCUT2D eigenvalue weighted by molar-refractivity contribution is -0.0624. The van der Waals surface area contributed by atoms with E-state index in [-0.39, 0.29) is 36.4 Å². The zero-order chi connectivity index (χ0) is 32.1. The number of aliphatic hydroxyl groups excluding tert-OH is 1. The summed E-state index contributed by atoms with van der Waals surface area (Å²) in [5.74, 6) is 0. The molecule has 3 heterocycles. The van der Waals surface area contributed by atoms with E-state index in [2.05, 4.69) is 11.1 Å². The molecule has 0 spiro atoms. The summed E-state index contributed by atoms with van der Waals surface area (Å²) in [4.78, 5) is 41.2. The molecule has 0 saturated carbocycles. The van der Waals surface area contributed by atoms with Gasteiger partial charge in [0.05, 0.1) is 37.0 Å². The average molecular weight is 624 g/mol. The fourth-order valence-electron chi connectivity index (χ4n) is 4.78. The highest BCUT2D eigenvalue weighted by molar-refractivity contribution is 7.44. The van der Waals surface area contributed by atoms with Crippen LogP contribution >= 0.6 is 8.53 Å². The molecule has 14 nitrogen and oxygen atoms in total. The van der Waals surface area contributed by atoms with E-state index in [1.165, 1.54) is 24.1 Å². The molecule has 0 bridgehead atoms. The van der Waals surface area contributed by atoms with Crippen LogP contribution in [0, 0.1) is 11.3 Å². The monoisotopic (exact) mass is 623 g/mol. The lowest BCUT2D eigenvalue weighted by Gasteiger charge is -2.38. The molecule has 1 aliphatic rings. The second-order valence-electron chi connectivity index (χ2n) is 11.5. The van der Waals surface area contributed by atoms with E-state index in [4.69, 9.17) is 28.5 Å². The maximum Gasteiger partial charge on any atom is 0.418 e. The molecule has 0 amide bonds. The number of H-pyrrole nitrogens is 1. The number of aliphatic hydroxyl groups is 1. The second-order valence-corrected chi connectivity index (χ2v) is 12.9. The highest BCUT2D eigenvalue weighted by Crippen LogP contribution is 2.50. The minimum absolute atomic E-state index is 0.00621. The summed E-state index contributed by atoms with van der Waals surface area (Å²) in [6.07, 6.45) is -1.65. The molecule has 1 fully saturated rings. The van der Waals surface area contributed by atoms with Crippen molar-refractivity contribution >= 4 is 14.6 Å². The zero-order valence-corrected chi connectivity index (χ0v) is 26.7. The van der Waals surface area contributed by atoms with Crippen molar-refractivity contribution in [1.29, 1.82) is 5.26 Å². The molecule has 43 heavy (non-hydrogen) atoms. The first-order chi connectivity index (χ1) is 20.2. The van der Waals surface area contributed by atoms with Crippen molar-refractivity contribution in [1.82, 2.24) is 18.8 Å². The summed E-state index contributed by atoms with van der Waals surface area (Å²) >= 11 is 0. The van der Waals surface area contributed by atoms with Gasteiger partial charge in [0.1, 0.15) is 23.9 Å². The molecule has 0 aliphatic carbocycles. The zero-order valence-electron chi connectivity index (χ0n) is 25.8. The van der Waals surface area contributed by atoms with E-state index in [0.717, 1.165) is 4.57 Å². The maximum absolute atomic E-state index is 13.1.